The van der Waals surface area contributed by atoms with Gasteiger partial charge in [-0.3, -0.25) is 14.4 Å². The van der Waals surface area contributed by atoms with Crippen molar-refractivity contribution in [2.24, 2.45) is 0 Å². The Labute approximate surface area is 248 Å². The molecule has 0 fully saturated rings. The van der Waals surface area contributed by atoms with E-state index < -0.39 is 11.6 Å². The van der Waals surface area contributed by atoms with Crippen LogP contribution in [0.25, 0.3) is 0 Å². The van der Waals surface area contributed by atoms with Gasteiger partial charge in [0.2, 0.25) is 0 Å². The van der Waals surface area contributed by atoms with Crippen LogP contribution >= 0.6 is 23.5 Å². The minimum Gasteiger partial charge on any atom is -0.488 e. The number of carboxylic acids is 1. The summed E-state index contributed by atoms with van der Waals surface area (Å²) in [6.07, 6.45) is -0.463. The van der Waals surface area contributed by atoms with E-state index in [4.69, 9.17) is 14.6 Å². The largest absolute Gasteiger partial charge is 0.488 e. The average molecular weight is 592 g/mol. The molecule has 9 heteroatoms. The summed E-state index contributed by atoms with van der Waals surface area (Å²) in [5.74, 6) is -1.13. The number of carbonyl (C=O) groups excluding carboxylic acids is 2. The Hall–Kier alpha value is -3.53. The number of amides is 2. The molecule has 7 nitrogen and oxygen atoms in total. The van der Waals surface area contributed by atoms with Gasteiger partial charge in [-0.1, -0.05) is 58.9 Å². The van der Waals surface area contributed by atoms with Gasteiger partial charge in [-0.15, -0.1) is 0 Å². The first-order valence-electron chi connectivity index (χ1n) is 13.2. The Balaban J connectivity index is 1.51. The molecule has 1 heterocycles. The second-order valence-corrected chi connectivity index (χ2v) is 12.7. The minimum atomic E-state index is -0.930. The van der Waals surface area contributed by atoms with Gasteiger partial charge in [0.25, 0.3) is 11.8 Å². The number of nitrogens with zero attached hydrogens (tertiary/aromatic N) is 1. The number of imide groups is 1. The molecule has 214 valence electrons. The first-order chi connectivity index (χ1) is 19.4. The lowest BCUT2D eigenvalue weighted by Gasteiger charge is -2.26. The second kappa shape index (κ2) is 13.0. The number of carboxylic acid groups (broad SMARTS) is 1. The SMILES string of the molecule is Cc1ccc(SC2=C(Sc3ccc(C)cc3)C(=O)N(c3ccc(OC(C)COC(C)(C)CC(=O)O)cc3)C2=O)cc1. The van der Waals surface area contributed by atoms with E-state index in [0.29, 0.717) is 21.2 Å². The van der Waals surface area contributed by atoms with Crippen LogP contribution in [-0.2, 0) is 19.1 Å². The topological polar surface area (TPSA) is 93.1 Å². The highest BCUT2D eigenvalue weighted by Gasteiger charge is 2.40. The van der Waals surface area contributed by atoms with Crippen LogP contribution in [0.4, 0.5) is 5.69 Å². The second-order valence-electron chi connectivity index (χ2n) is 10.5. The van der Waals surface area contributed by atoms with E-state index in [1.807, 2.05) is 69.3 Å². The number of anilines is 1. The maximum absolute atomic E-state index is 13.7. The summed E-state index contributed by atoms with van der Waals surface area (Å²) in [5, 5.41) is 9.03. The lowest BCUT2D eigenvalue weighted by molar-refractivity contribution is -0.145. The van der Waals surface area contributed by atoms with Crippen LogP contribution in [0.3, 0.4) is 0 Å². The van der Waals surface area contributed by atoms with Crippen molar-refractivity contribution in [3.05, 3.63) is 93.7 Å². The van der Waals surface area contributed by atoms with E-state index in [0.717, 1.165) is 20.9 Å². The van der Waals surface area contributed by atoms with E-state index in [1.54, 1.807) is 38.1 Å². The van der Waals surface area contributed by atoms with Crippen LogP contribution in [0.5, 0.6) is 5.75 Å². The Kier molecular flexibility index (Phi) is 9.63. The summed E-state index contributed by atoms with van der Waals surface area (Å²) in [6, 6.07) is 22.5. The molecule has 1 atom stereocenters. The van der Waals surface area contributed by atoms with Gasteiger partial charge in [0, 0.05) is 9.79 Å². The van der Waals surface area contributed by atoms with Gasteiger partial charge in [0.15, 0.2) is 0 Å². The highest BCUT2D eigenvalue weighted by Crippen LogP contribution is 2.44. The van der Waals surface area contributed by atoms with Crippen LogP contribution in [0.15, 0.2) is 92.4 Å². The van der Waals surface area contributed by atoms with Crippen molar-refractivity contribution in [1.82, 2.24) is 0 Å². The Morgan fingerprint density at radius 2 is 1.29 bits per heavy atom. The van der Waals surface area contributed by atoms with Crippen LogP contribution < -0.4 is 9.64 Å². The Morgan fingerprint density at radius 3 is 1.73 bits per heavy atom. The van der Waals surface area contributed by atoms with Gasteiger partial charge >= 0.3 is 5.97 Å². The van der Waals surface area contributed by atoms with Crippen LogP contribution in [0, 0.1) is 13.8 Å². The number of benzene rings is 3. The van der Waals surface area contributed by atoms with Crippen molar-refractivity contribution in [2.75, 3.05) is 11.5 Å². The Bertz CT molecular complexity index is 1380. The summed E-state index contributed by atoms with van der Waals surface area (Å²) in [4.78, 5) is 42.1. The lowest BCUT2D eigenvalue weighted by Crippen LogP contribution is -2.32. The molecule has 0 spiro atoms. The monoisotopic (exact) mass is 591 g/mol. The van der Waals surface area contributed by atoms with Gasteiger partial charge in [-0.25, -0.2) is 4.90 Å². The summed E-state index contributed by atoms with van der Waals surface area (Å²) >= 11 is 2.59. The van der Waals surface area contributed by atoms with Crippen molar-refractivity contribution in [1.29, 1.82) is 0 Å². The smallest absolute Gasteiger partial charge is 0.306 e. The molecule has 1 aliphatic heterocycles. The average Bonchev–Trinajstić information content (AvgIpc) is 3.14. The fraction of sp³-hybridized carbons (Fsp3) is 0.281. The summed E-state index contributed by atoms with van der Waals surface area (Å²) < 4.78 is 11.7. The number of thioether (sulfide) groups is 2. The predicted octanol–water partition coefficient (Wildman–Crippen LogP) is 7.01. The van der Waals surface area contributed by atoms with Gasteiger partial charge < -0.3 is 14.6 Å². The molecule has 1 unspecified atom stereocenters. The van der Waals surface area contributed by atoms with Gasteiger partial charge in [0.1, 0.15) is 11.9 Å². The molecule has 1 aliphatic rings. The van der Waals surface area contributed by atoms with Crippen molar-refractivity contribution in [2.45, 2.75) is 62.5 Å². The fourth-order valence-corrected chi connectivity index (χ4v) is 6.03. The molecule has 0 saturated heterocycles. The molecule has 1 N–H and O–H groups in total. The van der Waals surface area contributed by atoms with Crippen molar-refractivity contribution < 1.29 is 29.0 Å². The highest BCUT2D eigenvalue weighted by molar-refractivity contribution is 8.08. The zero-order chi connectivity index (χ0) is 29.7. The van der Waals surface area contributed by atoms with Gasteiger partial charge in [-0.05, 0) is 83.1 Å². The molecule has 2 amide bonds. The molecule has 0 saturated carbocycles. The molecule has 3 aromatic carbocycles. The van der Waals surface area contributed by atoms with Crippen LogP contribution in [-0.4, -0.2) is 41.2 Å². The number of ether oxygens (including phenoxy) is 2. The molecular weight excluding hydrogens is 558 g/mol. The van der Waals surface area contributed by atoms with Crippen LogP contribution in [0.1, 0.15) is 38.3 Å². The van der Waals surface area contributed by atoms with E-state index in [1.165, 1.54) is 28.4 Å². The summed E-state index contributed by atoms with van der Waals surface area (Å²) in [7, 11) is 0. The molecule has 0 radical (unpaired) electrons. The van der Waals surface area contributed by atoms with Gasteiger partial charge in [0.05, 0.1) is 34.1 Å². The van der Waals surface area contributed by atoms with Gasteiger partial charge in [-0.2, -0.15) is 0 Å². The molecule has 0 aliphatic carbocycles. The summed E-state index contributed by atoms with van der Waals surface area (Å²) in [6.45, 7) is 9.47. The lowest BCUT2D eigenvalue weighted by atomic mass is 10.1. The number of carbonyl (C=O) groups is 3. The van der Waals surface area contributed by atoms with Crippen molar-refractivity contribution in [3.8, 4) is 5.75 Å². The van der Waals surface area contributed by atoms with E-state index in [-0.39, 0.29) is 30.9 Å². The molecule has 41 heavy (non-hydrogen) atoms. The van der Waals surface area contributed by atoms with E-state index >= 15 is 0 Å². The van der Waals surface area contributed by atoms with Crippen molar-refractivity contribution >= 4 is 47.0 Å². The maximum atomic E-state index is 13.7. The predicted molar refractivity (Wildman–Crippen MR) is 162 cm³/mol. The van der Waals surface area contributed by atoms with E-state index in [9.17, 15) is 14.4 Å². The zero-order valence-electron chi connectivity index (χ0n) is 23.7. The molecule has 0 bridgehead atoms. The zero-order valence-corrected chi connectivity index (χ0v) is 25.3. The standard InChI is InChI=1S/C32H33NO6S2/c1-20-6-14-25(15-7-20)40-28-29(41-26-16-8-21(2)9-17-26)31(37)33(30(28)36)23-10-12-24(13-11-23)39-22(3)19-38-32(4,5)18-27(34)35/h6-17,22H,18-19H2,1-5H3,(H,34,35). The highest BCUT2D eigenvalue weighted by atomic mass is 32.2. The fourth-order valence-electron chi connectivity index (χ4n) is 4.05. The van der Waals surface area contributed by atoms with Crippen LogP contribution in [0.2, 0.25) is 0 Å². The molecule has 4 rings (SSSR count). The number of rotatable bonds is 12. The third-order valence-electron chi connectivity index (χ3n) is 6.20. The number of hydrogen-bond donors (Lipinski definition) is 1. The number of hydrogen-bond acceptors (Lipinski definition) is 7. The normalized spacial score (nSPS) is 14.5. The maximum Gasteiger partial charge on any atom is 0.306 e. The van der Waals surface area contributed by atoms with E-state index in [2.05, 4.69) is 0 Å². The number of aliphatic carboxylic acids is 1. The number of aryl methyl sites for hydroxylation is 2. The first kappa shape index (κ1) is 30.4. The molecule has 0 aromatic heterocycles. The molecule has 3 aromatic rings. The first-order valence-corrected chi connectivity index (χ1v) is 14.8. The quantitative estimate of drug-likeness (QED) is 0.225. The third-order valence-corrected chi connectivity index (χ3v) is 8.51. The molecular formula is C32H33NO6S2. The Morgan fingerprint density at radius 1 is 0.829 bits per heavy atom. The van der Waals surface area contributed by atoms with Crippen molar-refractivity contribution in [3.63, 3.8) is 0 Å². The summed E-state index contributed by atoms with van der Waals surface area (Å²) in [5.41, 5.74) is 1.85. The third kappa shape index (κ3) is 8.03. The minimum absolute atomic E-state index is 0.116.